The topological polar surface area (TPSA) is 70.7 Å². The number of carbonyl (C=O) groups excluding carboxylic acids is 2. The van der Waals surface area contributed by atoms with Crippen LogP contribution in [-0.4, -0.2) is 46.2 Å². The summed E-state index contributed by atoms with van der Waals surface area (Å²) in [6.07, 6.45) is 5.53. The van der Waals surface area contributed by atoms with Crippen molar-refractivity contribution in [2.24, 2.45) is 0 Å². The molecular formula is C20H33N3O3. The van der Waals surface area contributed by atoms with Crippen LogP contribution in [0.1, 0.15) is 55.8 Å². The maximum absolute atomic E-state index is 12.5. The number of rotatable bonds is 12. The number of hydrogen-bond acceptors (Lipinski definition) is 4. The van der Waals surface area contributed by atoms with E-state index in [1.165, 1.54) is 0 Å². The summed E-state index contributed by atoms with van der Waals surface area (Å²) in [5, 5.41) is 5.80. The molecule has 1 aromatic carbocycles. The number of methoxy groups -OCH3 is 1. The van der Waals surface area contributed by atoms with Gasteiger partial charge in [0.15, 0.2) is 0 Å². The Hall–Kier alpha value is -2.08. The molecule has 0 aliphatic carbocycles. The average molecular weight is 364 g/mol. The fraction of sp³-hybridized carbons (Fsp3) is 0.600. The summed E-state index contributed by atoms with van der Waals surface area (Å²) in [4.78, 5) is 26.5. The first-order valence-corrected chi connectivity index (χ1v) is 9.38. The fourth-order valence-electron chi connectivity index (χ4n) is 2.64. The molecule has 0 bridgehead atoms. The molecule has 0 saturated heterocycles. The number of ether oxygens (including phenoxy) is 1. The van der Waals surface area contributed by atoms with E-state index < -0.39 is 0 Å². The average Bonchev–Trinajstić information content (AvgIpc) is 2.62. The predicted octanol–water partition coefficient (Wildman–Crippen LogP) is 3.43. The molecule has 0 saturated carbocycles. The predicted molar refractivity (Wildman–Crippen MR) is 107 cm³/mol. The lowest BCUT2D eigenvalue weighted by Crippen LogP contribution is -2.27. The maximum atomic E-state index is 12.5. The van der Waals surface area contributed by atoms with E-state index in [0.717, 1.165) is 37.8 Å². The third-order valence-electron chi connectivity index (χ3n) is 4.07. The van der Waals surface area contributed by atoms with Crippen molar-refractivity contribution in [1.82, 2.24) is 5.32 Å². The molecule has 2 N–H and O–H groups in total. The highest BCUT2D eigenvalue weighted by molar-refractivity contribution is 6.02. The second kappa shape index (κ2) is 12.3. The van der Waals surface area contributed by atoms with Gasteiger partial charge in [0.05, 0.1) is 5.56 Å². The number of carbonyl (C=O) groups is 2. The zero-order valence-corrected chi connectivity index (χ0v) is 16.6. The highest BCUT2D eigenvalue weighted by Crippen LogP contribution is 2.23. The van der Waals surface area contributed by atoms with Crippen LogP contribution < -0.4 is 15.5 Å². The summed E-state index contributed by atoms with van der Waals surface area (Å²) in [5.41, 5.74) is 2.02. The van der Waals surface area contributed by atoms with Crippen LogP contribution in [0.25, 0.3) is 0 Å². The molecule has 0 radical (unpaired) electrons. The van der Waals surface area contributed by atoms with Crippen molar-refractivity contribution in [1.29, 1.82) is 0 Å². The van der Waals surface area contributed by atoms with Gasteiger partial charge < -0.3 is 20.3 Å². The van der Waals surface area contributed by atoms with Crippen molar-refractivity contribution in [3.8, 4) is 0 Å². The SMILES string of the molecule is CCCCCCC(=O)Nc1ccc(N(C)C)c(C(=O)NCCCOC)c1. The largest absolute Gasteiger partial charge is 0.385 e. The molecule has 1 aromatic rings. The lowest BCUT2D eigenvalue weighted by molar-refractivity contribution is -0.116. The van der Waals surface area contributed by atoms with Gasteiger partial charge in [-0.15, -0.1) is 0 Å². The Morgan fingerprint density at radius 2 is 1.88 bits per heavy atom. The monoisotopic (exact) mass is 363 g/mol. The normalized spacial score (nSPS) is 10.5. The molecule has 6 heteroatoms. The summed E-state index contributed by atoms with van der Waals surface area (Å²) in [6.45, 7) is 3.30. The third kappa shape index (κ3) is 7.87. The van der Waals surface area contributed by atoms with E-state index in [1.54, 1.807) is 13.2 Å². The second-order valence-electron chi connectivity index (χ2n) is 6.59. The van der Waals surface area contributed by atoms with Crippen LogP contribution in [0, 0.1) is 0 Å². The number of unbranched alkanes of at least 4 members (excludes halogenated alkanes) is 3. The number of hydrogen-bond donors (Lipinski definition) is 2. The Morgan fingerprint density at radius 3 is 2.54 bits per heavy atom. The molecule has 1 rings (SSSR count). The van der Waals surface area contributed by atoms with Gasteiger partial charge in [-0.1, -0.05) is 26.2 Å². The Bertz CT molecular complexity index is 573. The van der Waals surface area contributed by atoms with Crippen molar-refractivity contribution < 1.29 is 14.3 Å². The highest BCUT2D eigenvalue weighted by Gasteiger charge is 2.14. The van der Waals surface area contributed by atoms with Crippen LogP contribution in [0.3, 0.4) is 0 Å². The van der Waals surface area contributed by atoms with Gasteiger partial charge in [-0.3, -0.25) is 9.59 Å². The van der Waals surface area contributed by atoms with E-state index in [9.17, 15) is 9.59 Å². The van der Waals surface area contributed by atoms with Crippen molar-refractivity contribution in [2.75, 3.05) is 44.6 Å². The third-order valence-corrected chi connectivity index (χ3v) is 4.07. The van der Waals surface area contributed by atoms with Gasteiger partial charge in [-0.2, -0.15) is 0 Å². The lowest BCUT2D eigenvalue weighted by atomic mass is 10.1. The van der Waals surface area contributed by atoms with Gasteiger partial charge in [0.25, 0.3) is 5.91 Å². The summed E-state index contributed by atoms with van der Waals surface area (Å²) >= 11 is 0. The van der Waals surface area contributed by atoms with Crippen molar-refractivity contribution in [3.63, 3.8) is 0 Å². The first-order chi connectivity index (χ1) is 12.5. The standard InChI is InChI=1S/C20H33N3O3/c1-5-6-7-8-10-19(24)22-16-11-12-18(23(2)3)17(15-16)20(25)21-13-9-14-26-4/h11-12,15H,5-10,13-14H2,1-4H3,(H,21,25)(H,22,24). The van der Waals surface area contributed by atoms with Gasteiger partial charge in [0.2, 0.25) is 5.91 Å². The van der Waals surface area contributed by atoms with Crippen LogP contribution in [0.5, 0.6) is 0 Å². The molecule has 0 unspecified atom stereocenters. The minimum absolute atomic E-state index is 0.00911. The minimum Gasteiger partial charge on any atom is -0.385 e. The molecule has 0 heterocycles. The van der Waals surface area contributed by atoms with E-state index in [1.807, 2.05) is 31.1 Å². The van der Waals surface area contributed by atoms with E-state index in [4.69, 9.17) is 4.74 Å². The maximum Gasteiger partial charge on any atom is 0.253 e. The van der Waals surface area contributed by atoms with E-state index >= 15 is 0 Å². The van der Waals surface area contributed by atoms with Crippen LogP contribution in [-0.2, 0) is 9.53 Å². The Balaban J connectivity index is 2.73. The number of benzene rings is 1. The summed E-state index contributed by atoms with van der Waals surface area (Å²) < 4.78 is 4.99. The molecule has 0 aromatic heterocycles. The number of amides is 2. The van der Waals surface area contributed by atoms with Gasteiger partial charge in [0.1, 0.15) is 0 Å². The Labute approximate surface area is 157 Å². The fourth-order valence-corrected chi connectivity index (χ4v) is 2.64. The van der Waals surface area contributed by atoms with Gasteiger partial charge in [-0.05, 0) is 31.0 Å². The van der Waals surface area contributed by atoms with Crippen LogP contribution in [0.15, 0.2) is 18.2 Å². The van der Waals surface area contributed by atoms with Gasteiger partial charge >= 0.3 is 0 Å². The molecule has 6 nitrogen and oxygen atoms in total. The molecule has 0 fully saturated rings. The first-order valence-electron chi connectivity index (χ1n) is 9.38. The van der Waals surface area contributed by atoms with Crippen molar-refractivity contribution >= 4 is 23.2 Å². The van der Waals surface area contributed by atoms with Gasteiger partial charge in [0, 0.05) is 52.2 Å². The van der Waals surface area contributed by atoms with Crippen LogP contribution >= 0.6 is 0 Å². The van der Waals surface area contributed by atoms with Crippen molar-refractivity contribution in [3.05, 3.63) is 23.8 Å². The Morgan fingerprint density at radius 1 is 1.12 bits per heavy atom. The summed E-state index contributed by atoms with van der Waals surface area (Å²) in [6, 6.07) is 5.43. The van der Waals surface area contributed by atoms with E-state index in [-0.39, 0.29) is 11.8 Å². The smallest absolute Gasteiger partial charge is 0.253 e. The minimum atomic E-state index is -0.149. The Kier molecular flexibility index (Phi) is 10.4. The lowest BCUT2D eigenvalue weighted by Gasteiger charge is -2.18. The quantitative estimate of drug-likeness (QED) is 0.558. The first kappa shape index (κ1) is 22.0. The van der Waals surface area contributed by atoms with E-state index in [2.05, 4.69) is 17.6 Å². The second-order valence-corrected chi connectivity index (χ2v) is 6.59. The zero-order chi connectivity index (χ0) is 19.4. The molecule has 26 heavy (non-hydrogen) atoms. The molecule has 2 amide bonds. The van der Waals surface area contributed by atoms with Crippen LogP contribution in [0.2, 0.25) is 0 Å². The van der Waals surface area contributed by atoms with Crippen molar-refractivity contribution in [2.45, 2.75) is 45.4 Å². The highest BCUT2D eigenvalue weighted by atomic mass is 16.5. The molecule has 0 aliphatic heterocycles. The number of anilines is 2. The summed E-state index contributed by atoms with van der Waals surface area (Å²) in [5.74, 6) is -0.158. The molecule has 0 aliphatic rings. The molecule has 146 valence electrons. The van der Waals surface area contributed by atoms with Gasteiger partial charge in [-0.25, -0.2) is 0 Å². The zero-order valence-electron chi connectivity index (χ0n) is 16.6. The number of nitrogens with zero attached hydrogens (tertiary/aromatic N) is 1. The molecule has 0 spiro atoms. The van der Waals surface area contributed by atoms with Crippen LogP contribution in [0.4, 0.5) is 11.4 Å². The molecule has 0 atom stereocenters. The van der Waals surface area contributed by atoms with E-state index in [0.29, 0.717) is 30.8 Å². The summed E-state index contributed by atoms with van der Waals surface area (Å²) in [7, 11) is 5.42. The molecular weight excluding hydrogens is 330 g/mol. The number of nitrogens with one attached hydrogen (secondary N) is 2.